The molecule has 6 heteroatoms. The topological polar surface area (TPSA) is 78.9 Å². The molecule has 67 heavy (non-hydrogen) atoms. The van der Waals surface area contributed by atoms with E-state index < -0.39 is 6.10 Å². The zero-order valence-electron chi connectivity index (χ0n) is 43.4. The zero-order chi connectivity index (χ0) is 48.6. The molecular formula is C61H100O6. The van der Waals surface area contributed by atoms with Crippen LogP contribution in [0.2, 0.25) is 0 Å². The number of esters is 3. The second kappa shape index (κ2) is 54.7. The van der Waals surface area contributed by atoms with Gasteiger partial charge in [-0.05, 0) is 122 Å². The average Bonchev–Trinajstić information content (AvgIpc) is 3.33. The predicted molar refractivity (Wildman–Crippen MR) is 288 cm³/mol. The number of hydrogen-bond donors (Lipinski definition) is 0. The summed E-state index contributed by atoms with van der Waals surface area (Å²) in [4.78, 5) is 38.1. The van der Waals surface area contributed by atoms with E-state index in [0.29, 0.717) is 25.7 Å². The monoisotopic (exact) mass is 929 g/mol. The van der Waals surface area contributed by atoms with Crippen LogP contribution >= 0.6 is 0 Å². The first-order valence-corrected chi connectivity index (χ1v) is 27.4. The summed E-state index contributed by atoms with van der Waals surface area (Å²) < 4.78 is 16.8. The molecular weight excluding hydrogens is 829 g/mol. The Balaban J connectivity index is 4.49. The first kappa shape index (κ1) is 63.1. The smallest absolute Gasteiger partial charge is 0.306 e. The lowest BCUT2D eigenvalue weighted by atomic mass is 10.1. The van der Waals surface area contributed by atoms with Gasteiger partial charge in [0.25, 0.3) is 0 Å². The Morgan fingerprint density at radius 3 is 0.955 bits per heavy atom. The van der Waals surface area contributed by atoms with Gasteiger partial charge in [-0.15, -0.1) is 0 Å². The molecule has 0 unspecified atom stereocenters. The molecule has 0 aromatic carbocycles. The molecule has 0 aliphatic rings. The van der Waals surface area contributed by atoms with Gasteiger partial charge >= 0.3 is 17.9 Å². The van der Waals surface area contributed by atoms with E-state index in [1.165, 1.54) is 89.9 Å². The van der Waals surface area contributed by atoms with Gasteiger partial charge in [0.1, 0.15) is 13.2 Å². The van der Waals surface area contributed by atoms with Crippen molar-refractivity contribution in [2.75, 3.05) is 13.2 Å². The lowest BCUT2D eigenvalue weighted by Gasteiger charge is -2.18. The quantitative estimate of drug-likeness (QED) is 0.0262. The van der Waals surface area contributed by atoms with Crippen LogP contribution in [-0.2, 0) is 28.6 Å². The van der Waals surface area contributed by atoms with Gasteiger partial charge in [0.2, 0.25) is 0 Å². The molecule has 0 aliphatic heterocycles. The Labute approximate surface area is 412 Å². The van der Waals surface area contributed by atoms with Crippen molar-refractivity contribution in [3.8, 4) is 0 Å². The fourth-order valence-electron chi connectivity index (χ4n) is 7.18. The summed E-state index contributed by atoms with van der Waals surface area (Å²) in [5, 5.41) is 0. The van der Waals surface area contributed by atoms with Crippen LogP contribution in [0, 0.1) is 0 Å². The van der Waals surface area contributed by atoms with E-state index in [1.807, 2.05) is 0 Å². The number of hydrogen-bond acceptors (Lipinski definition) is 6. The molecule has 0 saturated carbocycles. The number of carbonyl (C=O) groups excluding carboxylic acids is 3. The molecule has 0 N–H and O–H groups in total. The molecule has 380 valence electrons. The molecule has 0 bridgehead atoms. The molecule has 0 fully saturated rings. The molecule has 0 aliphatic carbocycles. The highest BCUT2D eigenvalue weighted by atomic mass is 16.6. The second-order valence-electron chi connectivity index (χ2n) is 17.7. The maximum Gasteiger partial charge on any atom is 0.306 e. The average molecular weight is 929 g/mol. The molecule has 6 nitrogen and oxygen atoms in total. The number of allylic oxidation sites excluding steroid dienone is 18. The van der Waals surface area contributed by atoms with Gasteiger partial charge in [0.15, 0.2) is 6.10 Å². The summed E-state index contributed by atoms with van der Waals surface area (Å²) in [5.74, 6) is -1.00. The third kappa shape index (κ3) is 52.9. The molecule has 0 radical (unpaired) electrons. The summed E-state index contributed by atoms with van der Waals surface area (Å²) in [7, 11) is 0. The van der Waals surface area contributed by atoms with Gasteiger partial charge in [-0.3, -0.25) is 14.4 Å². The third-order valence-corrected chi connectivity index (χ3v) is 11.2. The highest BCUT2D eigenvalue weighted by Crippen LogP contribution is 2.14. The van der Waals surface area contributed by atoms with E-state index in [9.17, 15) is 14.4 Å². The van der Waals surface area contributed by atoms with Crippen LogP contribution in [0.25, 0.3) is 0 Å². The summed E-state index contributed by atoms with van der Waals surface area (Å²) >= 11 is 0. The van der Waals surface area contributed by atoms with Crippen LogP contribution < -0.4 is 0 Å². The van der Waals surface area contributed by atoms with Crippen LogP contribution in [0.4, 0.5) is 0 Å². The first-order chi connectivity index (χ1) is 33.0. The standard InChI is InChI=1S/C61H100O6/c1-4-7-10-13-16-19-22-25-28-29-30-31-34-36-39-42-45-48-51-54-60(63)66-57-58(67-61(64)55-52-49-46-43-40-37-33-27-24-21-18-15-12-9-6-3)56-65-59(62)53-50-47-44-41-38-35-32-26-23-20-17-14-11-8-5-2/h8-9,11-12,17-18,20-21,25-28,32-33,38,40-41,43,58H,4-7,10,13-16,19,22-24,29-31,34-37,39,42,44-57H2,1-3H3/b11-8-,12-9-,20-17-,21-18-,28-25-,32-26-,33-27-,41-38-,43-40-/t58-/m1/s1. The zero-order valence-corrected chi connectivity index (χ0v) is 43.4. The van der Waals surface area contributed by atoms with E-state index >= 15 is 0 Å². The van der Waals surface area contributed by atoms with Crippen molar-refractivity contribution >= 4 is 17.9 Å². The van der Waals surface area contributed by atoms with Crippen molar-refractivity contribution in [2.45, 2.75) is 245 Å². The normalized spacial score (nSPS) is 12.9. The number of ether oxygens (including phenoxy) is 3. The molecule has 1 atom stereocenters. The minimum absolute atomic E-state index is 0.111. The summed E-state index contributed by atoms with van der Waals surface area (Å²) in [6.07, 6.45) is 73.7. The van der Waals surface area contributed by atoms with Crippen LogP contribution in [0.5, 0.6) is 0 Å². The van der Waals surface area contributed by atoms with Crippen molar-refractivity contribution < 1.29 is 28.6 Å². The molecule has 0 aromatic rings. The van der Waals surface area contributed by atoms with Crippen LogP contribution in [0.3, 0.4) is 0 Å². The predicted octanol–water partition coefficient (Wildman–Crippen LogP) is 18.3. The summed E-state index contributed by atoms with van der Waals surface area (Å²) in [6.45, 7) is 6.33. The van der Waals surface area contributed by atoms with Crippen molar-refractivity contribution in [3.63, 3.8) is 0 Å². The Kier molecular flexibility index (Phi) is 51.5. The summed E-state index contributed by atoms with van der Waals surface area (Å²) in [5.41, 5.74) is 0. The van der Waals surface area contributed by atoms with E-state index in [4.69, 9.17) is 14.2 Å². The Hall–Kier alpha value is -3.93. The van der Waals surface area contributed by atoms with Gasteiger partial charge in [-0.1, -0.05) is 207 Å². The van der Waals surface area contributed by atoms with Gasteiger partial charge in [0.05, 0.1) is 0 Å². The Morgan fingerprint density at radius 2 is 0.582 bits per heavy atom. The maximum absolute atomic E-state index is 12.8. The minimum Gasteiger partial charge on any atom is -0.462 e. The van der Waals surface area contributed by atoms with Crippen molar-refractivity contribution in [2.24, 2.45) is 0 Å². The first-order valence-electron chi connectivity index (χ1n) is 27.4. The second-order valence-corrected chi connectivity index (χ2v) is 17.7. The molecule has 0 saturated heterocycles. The molecule has 0 rings (SSSR count). The largest absolute Gasteiger partial charge is 0.462 e. The Bertz CT molecular complexity index is 1390. The molecule has 0 heterocycles. The van der Waals surface area contributed by atoms with Crippen LogP contribution in [0.15, 0.2) is 109 Å². The third-order valence-electron chi connectivity index (χ3n) is 11.2. The van der Waals surface area contributed by atoms with Gasteiger partial charge in [-0.25, -0.2) is 0 Å². The van der Waals surface area contributed by atoms with Crippen molar-refractivity contribution in [1.29, 1.82) is 0 Å². The SMILES string of the molecule is CC/C=C\C/C=C\C/C=C\C/C=C\CCCCC(=O)OC[C@H](COC(=O)CCCCCCCCCCC/C=C\CCCCCCCC)OC(=O)CCCC/C=C\C/C=C\C/C=C\C/C=C\CC. The van der Waals surface area contributed by atoms with Crippen LogP contribution in [0.1, 0.15) is 239 Å². The van der Waals surface area contributed by atoms with Gasteiger partial charge < -0.3 is 14.2 Å². The number of rotatable bonds is 48. The van der Waals surface area contributed by atoms with E-state index in [1.54, 1.807) is 0 Å². The fraction of sp³-hybridized carbons (Fsp3) is 0.656. The fourth-order valence-corrected chi connectivity index (χ4v) is 7.18. The van der Waals surface area contributed by atoms with E-state index in [-0.39, 0.29) is 37.5 Å². The molecule has 0 aromatic heterocycles. The van der Waals surface area contributed by atoms with Gasteiger partial charge in [-0.2, -0.15) is 0 Å². The lowest BCUT2D eigenvalue weighted by molar-refractivity contribution is -0.167. The minimum atomic E-state index is -0.819. The van der Waals surface area contributed by atoms with Crippen molar-refractivity contribution in [3.05, 3.63) is 109 Å². The van der Waals surface area contributed by atoms with Crippen molar-refractivity contribution in [1.82, 2.24) is 0 Å². The van der Waals surface area contributed by atoms with E-state index in [2.05, 4.69) is 130 Å². The maximum atomic E-state index is 12.8. The summed E-state index contributed by atoms with van der Waals surface area (Å²) in [6, 6.07) is 0. The highest BCUT2D eigenvalue weighted by Gasteiger charge is 2.19. The van der Waals surface area contributed by atoms with Gasteiger partial charge in [0, 0.05) is 19.3 Å². The number of carbonyl (C=O) groups is 3. The number of unbranched alkanes of at least 4 members (excludes halogenated alkanes) is 19. The Morgan fingerprint density at radius 1 is 0.313 bits per heavy atom. The molecule has 0 spiro atoms. The highest BCUT2D eigenvalue weighted by molar-refractivity contribution is 5.71. The molecule has 0 amide bonds. The van der Waals surface area contributed by atoms with Crippen LogP contribution in [-0.4, -0.2) is 37.2 Å². The lowest BCUT2D eigenvalue weighted by Crippen LogP contribution is -2.30. The van der Waals surface area contributed by atoms with E-state index in [0.717, 1.165) is 96.3 Å².